The summed E-state index contributed by atoms with van der Waals surface area (Å²) in [6.07, 6.45) is 0. The number of carbonyl (C=O) groups excluding carboxylic acids is 1. The van der Waals surface area contributed by atoms with Crippen molar-refractivity contribution in [1.82, 2.24) is 5.32 Å². The molecule has 0 fully saturated rings. The molecule has 0 aliphatic rings. The summed E-state index contributed by atoms with van der Waals surface area (Å²) in [6.45, 7) is 6.38. The Labute approximate surface area is 148 Å². The molecule has 0 aromatic heterocycles. The highest BCUT2D eigenvalue weighted by Gasteiger charge is 2.17. The van der Waals surface area contributed by atoms with Crippen molar-refractivity contribution < 1.29 is 9.53 Å². The number of amides is 1. The molecule has 2 aromatic carbocycles. The second-order valence-electron chi connectivity index (χ2n) is 5.76. The molecule has 2 N–H and O–H groups in total. The van der Waals surface area contributed by atoms with Gasteiger partial charge in [0.05, 0.1) is 23.9 Å². The molecular formula is C20H23N3O2. The van der Waals surface area contributed by atoms with E-state index in [0.29, 0.717) is 17.9 Å². The average molecular weight is 337 g/mol. The van der Waals surface area contributed by atoms with Crippen molar-refractivity contribution in [3.05, 3.63) is 59.7 Å². The number of rotatable bonds is 7. The molecule has 0 aliphatic heterocycles. The van der Waals surface area contributed by atoms with Gasteiger partial charge in [0.15, 0.2) is 0 Å². The standard InChI is InChI=1S/C20H23N3O2/c1-4-25-18-11-9-16(10-12-18)14(2)22-15(3)20(24)23-19-8-6-5-7-17(19)13-21/h5-12,14-15,22H,4H2,1-3H3,(H,23,24)/t14-,15+/m0/s1. The zero-order valence-corrected chi connectivity index (χ0v) is 14.7. The van der Waals surface area contributed by atoms with Crippen molar-refractivity contribution in [3.8, 4) is 11.8 Å². The van der Waals surface area contributed by atoms with Crippen LogP contribution in [0.5, 0.6) is 5.75 Å². The van der Waals surface area contributed by atoms with Gasteiger partial charge in [0, 0.05) is 6.04 Å². The van der Waals surface area contributed by atoms with Crippen LogP contribution in [-0.4, -0.2) is 18.6 Å². The summed E-state index contributed by atoms with van der Waals surface area (Å²) in [5.74, 6) is 0.651. The molecule has 0 saturated heterocycles. The summed E-state index contributed by atoms with van der Waals surface area (Å²) in [4.78, 5) is 12.4. The molecule has 5 nitrogen and oxygen atoms in total. The van der Waals surface area contributed by atoms with Gasteiger partial charge in [-0.15, -0.1) is 0 Å². The second kappa shape index (κ2) is 8.86. The third-order valence-corrected chi connectivity index (χ3v) is 3.89. The number of ether oxygens (including phenoxy) is 1. The molecule has 0 saturated carbocycles. The molecular weight excluding hydrogens is 314 g/mol. The molecule has 5 heteroatoms. The first-order valence-electron chi connectivity index (χ1n) is 8.34. The van der Waals surface area contributed by atoms with Crippen LogP contribution in [-0.2, 0) is 4.79 Å². The van der Waals surface area contributed by atoms with Crippen LogP contribution in [0.1, 0.15) is 37.9 Å². The van der Waals surface area contributed by atoms with Crippen LogP contribution in [0, 0.1) is 11.3 Å². The van der Waals surface area contributed by atoms with Gasteiger partial charge in [0.2, 0.25) is 5.91 Å². The van der Waals surface area contributed by atoms with Gasteiger partial charge in [0.25, 0.3) is 0 Å². The van der Waals surface area contributed by atoms with Crippen LogP contribution >= 0.6 is 0 Å². The number of nitriles is 1. The quantitative estimate of drug-likeness (QED) is 0.809. The van der Waals surface area contributed by atoms with E-state index in [2.05, 4.69) is 16.7 Å². The minimum absolute atomic E-state index is 0.00244. The van der Waals surface area contributed by atoms with E-state index in [1.54, 1.807) is 31.2 Å². The zero-order chi connectivity index (χ0) is 18.2. The van der Waals surface area contributed by atoms with Crippen molar-refractivity contribution in [2.75, 3.05) is 11.9 Å². The molecule has 0 unspecified atom stereocenters. The highest BCUT2D eigenvalue weighted by molar-refractivity contribution is 5.95. The molecule has 130 valence electrons. The largest absolute Gasteiger partial charge is 0.494 e. The number of para-hydroxylation sites is 1. The Morgan fingerprint density at radius 2 is 1.84 bits per heavy atom. The van der Waals surface area contributed by atoms with Gasteiger partial charge in [-0.25, -0.2) is 0 Å². The fourth-order valence-electron chi connectivity index (χ4n) is 2.50. The van der Waals surface area contributed by atoms with Crippen LogP contribution in [0.15, 0.2) is 48.5 Å². The van der Waals surface area contributed by atoms with Crippen LogP contribution in [0.2, 0.25) is 0 Å². The predicted molar refractivity (Wildman–Crippen MR) is 98.4 cm³/mol. The average Bonchev–Trinajstić information content (AvgIpc) is 2.63. The Bertz CT molecular complexity index is 750. The van der Waals surface area contributed by atoms with Crippen LogP contribution < -0.4 is 15.4 Å². The smallest absolute Gasteiger partial charge is 0.241 e. The first-order valence-corrected chi connectivity index (χ1v) is 8.34. The van der Waals surface area contributed by atoms with E-state index in [-0.39, 0.29) is 11.9 Å². The molecule has 0 bridgehead atoms. The van der Waals surface area contributed by atoms with E-state index in [1.807, 2.05) is 38.1 Å². The van der Waals surface area contributed by atoms with Crippen molar-refractivity contribution in [2.45, 2.75) is 32.9 Å². The van der Waals surface area contributed by atoms with Crippen LogP contribution in [0.4, 0.5) is 5.69 Å². The molecule has 0 spiro atoms. The molecule has 2 rings (SSSR count). The third kappa shape index (κ3) is 5.07. The Hall–Kier alpha value is -2.84. The maximum atomic E-state index is 12.4. The first-order chi connectivity index (χ1) is 12.0. The number of benzene rings is 2. The number of carbonyl (C=O) groups is 1. The summed E-state index contributed by atoms with van der Waals surface area (Å²) in [7, 11) is 0. The summed E-state index contributed by atoms with van der Waals surface area (Å²) in [5.41, 5.74) is 2.04. The minimum Gasteiger partial charge on any atom is -0.494 e. The Kier molecular flexibility index (Phi) is 6.55. The molecule has 2 aromatic rings. The third-order valence-electron chi connectivity index (χ3n) is 3.89. The summed E-state index contributed by atoms with van der Waals surface area (Å²) in [5, 5.41) is 15.2. The lowest BCUT2D eigenvalue weighted by Gasteiger charge is -2.20. The van der Waals surface area contributed by atoms with Crippen LogP contribution in [0.25, 0.3) is 0 Å². The zero-order valence-electron chi connectivity index (χ0n) is 14.7. The van der Waals surface area contributed by atoms with E-state index < -0.39 is 6.04 Å². The second-order valence-corrected chi connectivity index (χ2v) is 5.76. The summed E-state index contributed by atoms with van der Waals surface area (Å²) in [6, 6.07) is 16.4. The van der Waals surface area contributed by atoms with Crippen molar-refractivity contribution in [2.24, 2.45) is 0 Å². The Morgan fingerprint density at radius 3 is 2.48 bits per heavy atom. The van der Waals surface area contributed by atoms with E-state index in [1.165, 1.54) is 0 Å². The van der Waals surface area contributed by atoms with Crippen molar-refractivity contribution in [1.29, 1.82) is 5.26 Å². The molecule has 0 heterocycles. The van der Waals surface area contributed by atoms with Gasteiger partial charge in [0.1, 0.15) is 11.8 Å². The van der Waals surface area contributed by atoms with Gasteiger partial charge < -0.3 is 10.1 Å². The monoisotopic (exact) mass is 337 g/mol. The SMILES string of the molecule is CCOc1ccc([C@H](C)N[C@H](C)C(=O)Nc2ccccc2C#N)cc1. The number of anilines is 1. The predicted octanol–water partition coefficient (Wildman–Crippen LogP) is 3.63. The number of hydrogen-bond acceptors (Lipinski definition) is 4. The first kappa shape index (κ1) is 18.5. The van der Waals surface area contributed by atoms with E-state index in [0.717, 1.165) is 11.3 Å². The molecule has 25 heavy (non-hydrogen) atoms. The van der Waals surface area contributed by atoms with Gasteiger partial charge in [-0.1, -0.05) is 24.3 Å². The maximum Gasteiger partial charge on any atom is 0.241 e. The topological polar surface area (TPSA) is 74.2 Å². The van der Waals surface area contributed by atoms with E-state index in [4.69, 9.17) is 10.00 Å². The number of nitrogens with zero attached hydrogens (tertiary/aromatic N) is 1. The Balaban J connectivity index is 1.97. The maximum absolute atomic E-state index is 12.4. The lowest BCUT2D eigenvalue weighted by Crippen LogP contribution is -2.39. The fraction of sp³-hybridized carbons (Fsp3) is 0.300. The summed E-state index contributed by atoms with van der Waals surface area (Å²) >= 11 is 0. The number of nitrogens with one attached hydrogen (secondary N) is 2. The van der Waals surface area contributed by atoms with Crippen molar-refractivity contribution >= 4 is 11.6 Å². The van der Waals surface area contributed by atoms with E-state index in [9.17, 15) is 4.79 Å². The van der Waals surface area contributed by atoms with E-state index >= 15 is 0 Å². The van der Waals surface area contributed by atoms with Crippen LogP contribution in [0.3, 0.4) is 0 Å². The normalized spacial score (nSPS) is 12.7. The molecule has 0 radical (unpaired) electrons. The molecule has 0 aliphatic carbocycles. The Morgan fingerprint density at radius 1 is 1.16 bits per heavy atom. The lowest BCUT2D eigenvalue weighted by molar-refractivity contribution is -0.117. The minimum atomic E-state index is -0.409. The fourth-order valence-corrected chi connectivity index (χ4v) is 2.50. The molecule has 1 amide bonds. The van der Waals surface area contributed by atoms with Crippen molar-refractivity contribution in [3.63, 3.8) is 0 Å². The highest BCUT2D eigenvalue weighted by atomic mass is 16.5. The highest BCUT2D eigenvalue weighted by Crippen LogP contribution is 2.19. The number of hydrogen-bond donors (Lipinski definition) is 2. The van der Waals surface area contributed by atoms with Gasteiger partial charge >= 0.3 is 0 Å². The van der Waals surface area contributed by atoms with Gasteiger partial charge in [-0.05, 0) is 50.6 Å². The lowest BCUT2D eigenvalue weighted by atomic mass is 10.1. The van der Waals surface area contributed by atoms with Gasteiger partial charge in [-0.2, -0.15) is 5.26 Å². The summed E-state index contributed by atoms with van der Waals surface area (Å²) < 4.78 is 5.44. The molecule has 2 atom stereocenters. The van der Waals surface area contributed by atoms with Gasteiger partial charge in [-0.3, -0.25) is 10.1 Å².